The van der Waals surface area contributed by atoms with E-state index in [-0.39, 0.29) is 17.8 Å². The molecule has 0 saturated carbocycles. The van der Waals surface area contributed by atoms with Gasteiger partial charge in [0, 0.05) is 17.0 Å². The number of benzene rings is 3. The fraction of sp³-hybridized carbons (Fsp3) is 0.0769. The number of carboxylic acids is 1. The van der Waals surface area contributed by atoms with Gasteiger partial charge < -0.3 is 9.84 Å². The van der Waals surface area contributed by atoms with Crippen molar-refractivity contribution in [2.24, 2.45) is 0 Å². The highest BCUT2D eigenvalue weighted by Crippen LogP contribution is 2.33. The van der Waals surface area contributed by atoms with E-state index in [9.17, 15) is 14.3 Å². The molecule has 0 aliphatic heterocycles. The second-order valence-corrected chi connectivity index (χ2v) is 7.65. The number of pyridine rings is 1. The summed E-state index contributed by atoms with van der Waals surface area (Å²) in [5.74, 6) is -0.877. The Bertz CT molecular complexity index is 1240. The van der Waals surface area contributed by atoms with Crippen molar-refractivity contribution in [2.45, 2.75) is 13.0 Å². The van der Waals surface area contributed by atoms with Crippen molar-refractivity contribution < 1.29 is 19.0 Å². The molecule has 0 unspecified atom stereocenters. The van der Waals surface area contributed by atoms with E-state index in [0.29, 0.717) is 34.3 Å². The fourth-order valence-corrected chi connectivity index (χ4v) is 3.50. The van der Waals surface area contributed by atoms with E-state index < -0.39 is 5.97 Å². The van der Waals surface area contributed by atoms with Crippen LogP contribution in [-0.2, 0) is 13.0 Å². The van der Waals surface area contributed by atoms with Gasteiger partial charge in [0.15, 0.2) is 0 Å². The number of hydrogen-bond donors (Lipinski definition) is 1. The highest BCUT2D eigenvalue weighted by molar-refractivity contribution is 6.30. The van der Waals surface area contributed by atoms with Gasteiger partial charge in [0.05, 0.1) is 17.0 Å². The van der Waals surface area contributed by atoms with Crippen LogP contribution in [0.3, 0.4) is 0 Å². The molecule has 0 bridgehead atoms. The minimum Gasteiger partial charge on any atom is -0.488 e. The predicted molar refractivity (Wildman–Crippen MR) is 122 cm³/mol. The third-order valence-electron chi connectivity index (χ3n) is 4.95. The minimum atomic E-state index is -1.07. The van der Waals surface area contributed by atoms with Crippen LogP contribution in [0.15, 0.2) is 84.9 Å². The van der Waals surface area contributed by atoms with Gasteiger partial charge in [-0.3, -0.25) is 4.98 Å². The zero-order valence-corrected chi connectivity index (χ0v) is 17.7. The Morgan fingerprint density at radius 3 is 2.41 bits per heavy atom. The number of carboxylic acid groups (broad SMARTS) is 1. The minimum absolute atomic E-state index is 0.0961. The molecule has 160 valence electrons. The predicted octanol–water partition coefficient (Wildman–Crippen LogP) is 6.41. The largest absolute Gasteiger partial charge is 0.488 e. The van der Waals surface area contributed by atoms with Crippen molar-refractivity contribution in [3.8, 4) is 17.0 Å². The summed E-state index contributed by atoms with van der Waals surface area (Å²) in [6.45, 7) is 0.351. The lowest BCUT2D eigenvalue weighted by molar-refractivity contribution is 0.0695. The van der Waals surface area contributed by atoms with E-state index in [0.717, 1.165) is 11.1 Å². The lowest BCUT2D eigenvalue weighted by atomic mass is 10.0. The molecule has 0 aliphatic carbocycles. The van der Waals surface area contributed by atoms with Crippen molar-refractivity contribution >= 4 is 17.6 Å². The average Bonchev–Trinajstić information content (AvgIpc) is 2.80. The molecular formula is C26H19ClFNO3. The Hall–Kier alpha value is -3.70. The van der Waals surface area contributed by atoms with Crippen LogP contribution in [0.1, 0.15) is 27.2 Å². The number of aromatic nitrogens is 1. The number of aromatic carboxylic acids is 1. The van der Waals surface area contributed by atoms with Crippen molar-refractivity contribution in [2.75, 3.05) is 0 Å². The molecule has 4 nitrogen and oxygen atoms in total. The van der Waals surface area contributed by atoms with Crippen LogP contribution in [0.4, 0.5) is 4.39 Å². The molecule has 32 heavy (non-hydrogen) atoms. The normalized spacial score (nSPS) is 10.7. The highest BCUT2D eigenvalue weighted by Gasteiger charge is 2.16. The lowest BCUT2D eigenvalue weighted by Gasteiger charge is -2.14. The summed E-state index contributed by atoms with van der Waals surface area (Å²) >= 11 is 6.20. The number of hydrogen-bond acceptors (Lipinski definition) is 3. The standard InChI is InChI=1S/C26H19ClFNO3/c27-19-8-11-21(25(15-19)32-16-18-4-2-1-3-5-18)23-13-12-22(26(30)31)24(29-23)14-17-6-9-20(28)10-7-17/h1-13,15H,14,16H2,(H,30,31). The van der Waals surface area contributed by atoms with Crippen LogP contribution in [0.25, 0.3) is 11.3 Å². The third kappa shape index (κ3) is 5.13. The van der Waals surface area contributed by atoms with Crippen molar-refractivity contribution in [3.05, 3.63) is 118 Å². The summed E-state index contributed by atoms with van der Waals surface area (Å²) in [4.78, 5) is 16.4. The van der Waals surface area contributed by atoms with E-state index in [1.807, 2.05) is 30.3 Å². The zero-order chi connectivity index (χ0) is 22.5. The monoisotopic (exact) mass is 447 g/mol. The van der Waals surface area contributed by atoms with Gasteiger partial charge >= 0.3 is 5.97 Å². The molecule has 6 heteroatoms. The van der Waals surface area contributed by atoms with Crippen LogP contribution in [0, 0.1) is 5.82 Å². The van der Waals surface area contributed by atoms with Crippen molar-refractivity contribution in [1.29, 1.82) is 0 Å². The van der Waals surface area contributed by atoms with Crippen molar-refractivity contribution in [1.82, 2.24) is 4.98 Å². The van der Waals surface area contributed by atoms with Crippen LogP contribution in [0.2, 0.25) is 5.02 Å². The molecule has 0 atom stereocenters. The second-order valence-electron chi connectivity index (χ2n) is 7.21. The first-order chi connectivity index (χ1) is 15.5. The molecule has 1 heterocycles. The number of carbonyl (C=O) groups is 1. The van der Waals surface area contributed by atoms with E-state index in [2.05, 4.69) is 4.98 Å². The Labute approximate surface area is 189 Å². The smallest absolute Gasteiger partial charge is 0.337 e. The maximum Gasteiger partial charge on any atom is 0.337 e. The first-order valence-corrected chi connectivity index (χ1v) is 10.3. The topological polar surface area (TPSA) is 59.4 Å². The Morgan fingerprint density at radius 1 is 0.938 bits per heavy atom. The van der Waals surface area contributed by atoms with Crippen molar-refractivity contribution in [3.63, 3.8) is 0 Å². The molecule has 1 N–H and O–H groups in total. The van der Waals surface area contributed by atoms with Gasteiger partial charge in [0.2, 0.25) is 0 Å². The van der Waals surface area contributed by atoms with Gasteiger partial charge in [-0.2, -0.15) is 0 Å². The SMILES string of the molecule is O=C(O)c1ccc(-c2ccc(Cl)cc2OCc2ccccc2)nc1Cc1ccc(F)cc1. The fourth-order valence-electron chi connectivity index (χ4n) is 3.34. The van der Waals surface area contributed by atoms with E-state index in [4.69, 9.17) is 16.3 Å². The van der Waals surface area contributed by atoms with Crippen LogP contribution in [0.5, 0.6) is 5.75 Å². The molecule has 0 fully saturated rings. The molecule has 0 aliphatic rings. The Balaban J connectivity index is 1.69. The van der Waals surface area contributed by atoms with Gasteiger partial charge in [0.25, 0.3) is 0 Å². The summed E-state index contributed by atoms with van der Waals surface area (Å²) in [6.07, 6.45) is 0.254. The van der Waals surface area contributed by atoms with Gasteiger partial charge in [0.1, 0.15) is 18.2 Å². The molecule has 1 aromatic heterocycles. The molecule has 0 amide bonds. The summed E-state index contributed by atoms with van der Waals surface area (Å²) in [6, 6.07) is 24.1. The Morgan fingerprint density at radius 2 is 1.69 bits per heavy atom. The summed E-state index contributed by atoms with van der Waals surface area (Å²) in [5.41, 5.74) is 3.50. The summed E-state index contributed by atoms with van der Waals surface area (Å²) < 4.78 is 19.3. The van der Waals surface area contributed by atoms with E-state index in [1.165, 1.54) is 18.2 Å². The van der Waals surface area contributed by atoms with Gasteiger partial charge in [-0.1, -0.05) is 54.1 Å². The maximum atomic E-state index is 13.3. The van der Waals surface area contributed by atoms with E-state index >= 15 is 0 Å². The maximum absolute atomic E-state index is 13.3. The average molecular weight is 448 g/mol. The van der Waals surface area contributed by atoms with Gasteiger partial charge in [-0.05, 0) is 53.6 Å². The number of ether oxygens (including phenoxy) is 1. The van der Waals surface area contributed by atoms with Gasteiger partial charge in [-0.15, -0.1) is 0 Å². The summed E-state index contributed by atoms with van der Waals surface area (Å²) in [7, 11) is 0. The van der Waals surface area contributed by atoms with E-state index in [1.54, 1.807) is 36.4 Å². The third-order valence-corrected chi connectivity index (χ3v) is 5.18. The summed E-state index contributed by atoms with van der Waals surface area (Å²) in [5, 5.41) is 10.1. The molecule has 4 rings (SSSR count). The Kier molecular flexibility index (Phi) is 6.47. The lowest BCUT2D eigenvalue weighted by Crippen LogP contribution is -2.07. The number of nitrogens with zero attached hydrogens (tertiary/aromatic N) is 1. The van der Waals surface area contributed by atoms with Crippen LogP contribution >= 0.6 is 11.6 Å². The number of rotatable bonds is 7. The molecule has 0 spiro atoms. The molecule has 0 radical (unpaired) electrons. The first kappa shape index (κ1) is 21.5. The molecule has 3 aromatic carbocycles. The quantitative estimate of drug-likeness (QED) is 0.355. The zero-order valence-electron chi connectivity index (χ0n) is 17.0. The molecular weight excluding hydrogens is 429 g/mol. The second kappa shape index (κ2) is 9.62. The van der Waals surface area contributed by atoms with Gasteiger partial charge in [-0.25, -0.2) is 9.18 Å². The molecule has 0 saturated heterocycles. The first-order valence-electron chi connectivity index (χ1n) is 9.94. The molecule has 4 aromatic rings. The highest BCUT2D eigenvalue weighted by atomic mass is 35.5. The van der Waals surface area contributed by atoms with Crippen LogP contribution < -0.4 is 4.74 Å². The van der Waals surface area contributed by atoms with Crippen LogP contribution in [-0.4, -0.2) is 16.1 Å². The number of halogens is 2.